The number of fused-ring (bicyclic) bond motifs is 1. The molecule has 2 heterocycles. The predicted molar refractivity (Wildman–Crippen MR) is 90.5 cm³/mol. The van der Waals surface area contributed by atoms with Crippen LogP contribution < -0.4 is 0 Å². The Kier molecular flexibility index (Phi) is 5.10. The van der Waals surface area contributed by atoms with Crippen LogP contribution in [0.4, 0.5) is 0 Å². The first-order valence-electron chi connectivity index (χ1n) is 8.60. The summed E-state index contributed by atoms with van der Waals surface area (Å²) in [5.41, 5.74) is 2.01. The van der Waals surface area contributed by atoms with E-state index in [-0.39, 0.29) is 6.10 Å². The highest BCUT2D eigenvalue weighted by atomic mass is 16.7. The first-order chi connectivity index (χ1) is 12.3. The van der Waals surface area contributed by atoms with Crippen LogP contribution in [-0.2, 0) is 25.6 Å². The summed E-state index contributed by atoms with van der Waals surface area (Å²) in [4.78, 5) is 0. The van der Waals surface area contributed by atoms with E-state index in [9.17, 15) is 5.11 Å². The number of hydrogen-bond acceptors (Lipinski definition) is 5. The zero-order valence-electron chi connectivity index (χ0n) is 13.9. The fourth-order valence-corrected chi connectivity index (χ4v) is 3.24. The van der Waals surface area contributed by atoms with Gasteiger partial charge < -0.3 is 24.1 Å². The van der Waals surface area contributed by atoms with E-state index in [0.29, 0.717) is 19.6 Å². The van der Waals surface area contributed by atoms with E-state index in [1.165, 1.54) is 0 Å². The Morgan fingerprint density at radius 1 is 0.960 bits per heavy atom. The largest absolute Gasteiger partial charge is 0.390 e. The van der Waals surface area contributed by atoms with Crippen LogP contribution in [0, 0.1) is 0 Å². The highest BCUT2D eigenvalue weighted by Gasteiger charge is 2.44. The Morgan fingerprint density at radius 3 is 2.44 bits per heavy atom. The second-order valence-corrected chi connectivity index (χ2v) is 6.38. The van der Waals surface area contributed by atoms with Gasteiger partial charge in [-0.1, -0.05) is 60.7 Å². The standard InChI is InChI=1S/C20H22O5/c21-16-11-18(22-12-14-7-3-1-4-8-14)24-17-13-23-20(25-19(16)17)15-9-5-2-6-10-15/h1-10,16-21H,11-13H2/t16-,17-,18?,19+,20?/m1/s1. The Bertz CT molecular complexity index is 662. The van der Waals surface area contributed by atoms with Crippen LogP contribution in [0.15, 0.2) is 60.7 Å². The van der Waals surface area contributed by atoms with Gasteiger partial charge >= 0.3 is 0 Å². The molecule has 132 valence electrons. The number of benzene rings is 2. The van der Waals surface area contributed by atoms with Crippen LogP contribution in [0.5, 0.6) is 0 Å². The lowest BCUT2D eigenvalue weighted by Gasteiger charge is -2.44. The molecule has 0 amide bonds. The molecule has 5 heteroatoms. The first-order valence-corrected chi connectivity index (χ1v) is 8.60. The highest BCUT2D eigenvalue weighted by molar-refractivity contribution is 5.16. The molecule has 2 aromatic rings. The van der Waals surface area contributed by atoms with Crippen LogP contribution in [0.1, 0.15) is 23.8 Å². The average molecular weight is 342 g/mol. The van der Waals surface area contributed by atoms with Gasteiger partial charge in [0.25, 0.3) is 0 Å². The molecular weight excluding hydrogens is 320 g/mol. The number of aliphatic hydroxyl groups excluding tert-OH is 1. The van der Waals surface area contributed by atoms with Crippen molar-refractivity contribution in [3.05, 3.63) is 71.8 Å². The second kappa shape index (κ2) is 7.64. The van der Waals surface area contributed by atoms with Gasteiger partial charge in [0.15, 0.2) is 12.6 Å². The Hall–Kier alpha value is -1.76. The second-order valence-electron chi connectivity index (χ2n) is 6.38. The summed E-state index contributed by atoms with van der Waals surface area (Å²) < 4.78 is 23.5. The van der Waals surface area contributed by atoms with Crippen molar-refractivity contribution in [1.82, 2.24) is 0 Å². The maximum absolute atomic E-state index is 10.5. The van der Waals surface area contributed by atoms with Crippen LogP contribution in [-0.4, -0.2) is 36.3 Å². The topological polar surface area (TPSA) is 57.2 Å². The summed E-state index contributed by atoms with van der Waals surface area (Å²) in [5.74, 6) is 0. The molecule has 0 aliphatic carbocycles. The van der Waals surface area contributed by atoms with Gasteiger partial charge in [-0.15, -0.1) is 0 Å². The lowest BCUT2D eigenvalue weighted by molar-refractivity contribution is -0.338. The Morgan fingerprint density at radius 2 is 1.68 bits per heavy atom. The number of ether oxygens (including phenoxy) is 4. The van der Waals surface area contributed by atoms with Gasteiger partial charge in [0.05, 0.1) is 19.3 Å². The minimum atomic E-state index is -0.644. The molecule has 0 bridgehead atoms. The van der Waals surface area contributed by atoms with Crippen molar-refractivity contribution in [2.75, 3.05) is 6.61 Å². The monoisotopic (exact) mass is 342 g/mol. The zero-order valence-corrected chi connectivity index (χ0v) is 13.9. The van der Waals surface area contributed by atoms with E-state index in [1.807, 2.05) is 60.7 Å². The van der Waals surface area contributed by atoms with Crippen molar-refractivity contribution in [2.45, 2.75) is 43.9 Å². The molecule has 2 saturated heterocycles. The molecule has 2 aliphatic rings. The van der Waals surface area contributed by atoms with Crippen LogP contribution >= 0.6 is 0 Å². The molecule has 2 aromatic carbocycles. The van der Waals surface area contributed by atoms with Crippen molar-refractivity contribution in [3.8, 4) is 0 Å². The third kappa shape index (κ3) is 3.92. The third-order valence-corrected chi connectivity index (χ3v) is 4.55. The third-order valence-electron chi connectivity index (χ3n) is 4.55. The summed E-state index contributed by atoms with van der Waals surface area (Å²) in [6, 6.07) is 19.6. The molecule has 0 radical (unpaired) electrons. The van der Waals surface area contributed by atoms with Crippen LogP contribution in [0.2, 0.25) is 0 Å². The molecule has 1 N–H and O–H groups in total. The molecule has 2 fully saturated rings. The Balaban J connectivity index is 1.35. The number of rotatable bonds is 4. The molecular formula is C20H22O5. The number of aliphatic hydroxyl groups is 1. The smallest absolute Gasteiger partial charge is 0.184 e. The van der Waals surface area contributed by atoms with Crippen molar-refractivity contribution in [3.63, 3.8) is 0 Å². The van der Waals surface area contributed by atoms with Crippen LogP contribution in [0.3, 0.4) is 0 Å². The van der Waals surface area contributed by atoms with Gasteiger partial charge in [-0.25, -0.2) is 0 Å². The molecule has 0 aromatic heterocycles. The average Bonchev–Trinajstić information content (AvgIpc) is 2.68. The van der Waals surface area contributed by atoms with Crippen molar-refractivity contribution in [1.29, 1.82) is 0 Å². The lowest BCUT2D eigenvalue weighted by atomic mass is 10.0. The zero-order chi connectivity index (χ0) is 17.1. The van der Waals surface area contributed by atoms with Gasteiger partial charge in [0.1, 0.15) is 12.2 Å². The minimum Gasteiger partial charge on any atom is -0.390 e. The highest BCUT2D eigenvalue weighted by Crippen LogP contribution is 2.34. The normalized spacial score (nSPS) is 32.1. The quantitative estimate of drug-likeness (QED) is 0.926. The fraction of sp³-hybridized carbons (Fsp3) is 0.400. The Labute approximate surface area is 147 Å². The van der Waals surface area contributed by atoms with E-state index in [2.05, 4.69) is 0 Å². The molecule has 4 rings (SSSR count). The fourth-order valence-electron chi connectivity index (χ4n) is 3.24. The van der Waals surface area contributed by atoms with E-state index < -0.39 is 24.8 Å². The molecule has 2 unspecified atom stereocenters. The van der Waals surface area contributed by atoms with Crippen molar-refractivity contribution < 1.29 is 24.1 Å². The van der Waals surface area contributed by atoms with Gasteiger partial charge in [-0.05, 0) is 5.56 Å². The van der Waals surface area contributed by atoms with Gasteiger partial charge in [-0.2, -0.15) is 0 Å². The van der Waals surface area contributed by atoms with Gasteiger partial charge in [0, 0.05) is 12.0 Å². The lowest BCUT2D eigenvalue weighted by Crippen LogP contribution is -2.55. The molecule has 25 heavy (non-hydrogen) atoms. The van der Waals surface area contributed by atoms with Crippen molar-refractivity contribution in [2.24, 2.45) is 0 Å². The maximum atomic E-state index is 10.5. The number of hydrogen-bond donors (Lipinski definition) is 1. The molecule has 0 saturated carbocycles. The maximum Gasteiger partial charge on any atom is 0.184 e. The van der Waals surface area contributed by atoms with Crippen LogP contribution in [0.25, 0.3) is 0 Å². The predicted octanol–water partition coefficient (Wildman–Crippen LogP) is 2.79. The summed E-state index contributed by atoms with van der Waals surface area (Å²) in [6.07, 6.45) is -1.93. The summed E-state index contributed by atoms with van der Waals surface area (Å²) in [7, 11) is 0. The molecule has 0 spiro atoms. The van der Waals surface area contributed by atoms with E-state index in [1.54, 1.807) is 0 Å². The van der Waals surface area contributed by atoms with Gasteiger partial charge in [0.2, 0.25) is 0 Å². The minimum absolute atomic E-state index is 0.329. The molecule has 5 atom stereocenters. The van der Waals surface area contributed by atoms with E-state index in [4.69, 9.17) is 18.9 Å². The van der Waals surface area contributed by atoms with E-state index >= 15 is 0 Å². The van der Waals surface area contributed by atoms with Gasteiger partial charge in [-0.3, -0.25) is 0 Å². The summed E-state index contributed by atoms with van der Waals surface area (Å²) in [6.45, 7) is 0.816. The van der Waals surface area contributed by atoms with E-state index in [0.717, 1.165) is 11.1 Å². The summed E-state index contributed by atoms with van der Waals surface area (Å²) in [5, 5.41) is 10.5. The first kappa shape index (κ1) is 16.7. The molecule has 2 aliphatic heterocycles. The van der Waals surface area contributed by atoms with Crippen molar-refractivity contribution >= 4 is 0 Å². The summed E-state index contributed by atoms with van der Waals surface area (Å²) >= 11 is 0. The SMILES string of the molecule is O[C@@H]1CC(OCc2ccccc2)O[C@@H]2COC(c3ccccc3)O[C@@H]12. The molecule has 5 nitrogen and oxygen atoms in total.